The topological polar surface area (TPSA) is 97.6 Å². The number of anilines is 2. The highest BCUT2D eigenvalue weighted by Crippen LogP contribution is 2.28. The molecule has 4 heterocycles. The summed E-state index contributed by atoms with van der Waals surface area (Å²) < 4.78 is 37.2. The van der Waals surface area contributed by atoms with Gasteiger partial charge in [0.2, 0.25) is 11.0 Å². The molecule has 2 saturated heterocycles. The van der Waals surface area contributed by atoms with Crippen LogP contribution < -0.4 is 9.62 Å². The molecule has 2 unspecified atom stereocenters. The smallest absolute Gasteiger partial charge is 0.295 e. The van der Waals surface area contributed by atoms with Crippen LogP contribution in [0, 0.1) is 0 Å². The van der Waals surface area contributed by atoms with Crippen molar-refractivity contribution in [2.45, 2.75) is 30.1 Å². The van der Waals surface area contributed by atoms with Crippen molar-refractivity contribution in [1.29, 1.82) is 0 Å². The fourth-order valence-electron chi connectivity index (χ4n) is 2.94. The molecule has 0 saturated carbocycles. The first-order chi connectivity index (χ1) is 11.1. The molecular weight excluding hydrogens is 320 g/mol. The number of furan rings is 1. The molecule has 8 nitrogen and oxygen atoms in total. The van der Waals surface area contributed by atoms with Crippen molar-refractivity contribution in [3.8, 4) is 0 Å². The van der Waals surface area contributed by atoms with Crippen LogP contribution in [-0.4, -0.2) is 43.7 Å². The number of hydrogen-bond donors (Lipinski definition) is 1. The third-order valence-electron chi connectivity index (χ3n) is 3.98. The second kappa shape index (κ2) is 5.50. The molecule has 2 aliphatic heterocycles. The van der Waals surface area contributed by atoms with Crippen LogP contribution in [0.1, 0.15) is 12.8 Å². The molecule has 0 radical (unpaired) electrons. The van der Waals surface area contributed by atoms with E-state index in [1.807, 2.05) is 0 Å². The second-order valence-electron chi connectivity index (χ2n) is 5.67. The van der Waals surface area contributed by atoms with Crippen molar-refractivity contribution in [1.82, 2.24) is 9.97 Å². The van der Waals surface area contributed by atoms with Crippen LogP contribution in [-0.2, 0) is 14.8 Å². The summed E-state index contributed by atoms with van der Waals surface area (Å²) in [5.41, 5.74) is 0.293. The van der Waals surface area contributed by atoms with E-state index in [9.17, 15) is 8.42 Å². The standard InChI is InChI=1S/C14H16N4O4S/c19-23(20,13-2-1-5-21-13)17-10-6-15-14(16-7-10)18-8-11-3-4-12(9-18)22-11/h1-2,5-7,11-12,17H,3-4,8-9H2. The van der Waals surface area contributed by atoms with Crippen LogP contribution in [0.4, 0.5) is 11.6 Å². The fourth-order valence-corrected chi connectivity index (χ4v) is 3.89. The van der Waals surface area contributed by atoms with Gasteiger partial charge >= 0.3 is 0 Å². The molecule has 0 aromatic carbocycles. The molecule has 0 spiro atoms. The molecule has 0 amide bonds. The van der Waals surface area contributed by atoms with Crippen LogP contribution >= 0.6 is 0 Å². The average molecular weight is 336 g/mol. The highest BCUT2D eigenvalue weighted by atomic mass is 32.2. The zero-order chi connectivity index (χ0) is 15.9. The van der Waals surface area contributed by atoms with E-state index in [0.717, 1.165) is 25.9 Å². The predicted molar refractivity (Wildman–Crippen MR) is 81.7 cm³/mol. The first-order valence-electron chi connectivity index (χ1n) is 7.39. The summed E-state index contributed by atoms with van der Waals surface area (Å²) in [5, 5.41) is -0.147. The largest absolute Gasteiger partial charge is 0.451 e. The van der Waals surface area contributed by atoms with Crippen LogP contribution in [0.15, 0.2) is 40.3 Å². The number of nitrogens with one attached hydrogen (secondary N) is 1. The molecule has 122 valence electrons. The molecule has 23 heavy (non-hydrogen) atoms. The van der Waals surface area contributed by atoms with E-state index in [4.69, 9.17) is 9.15 Å². The van der Waals surface area contributed by atoms with Crippen molar-refractivity contribution in [2.24, 2.45) is 0 Å². The van der Waals surface area contributed by atoms with E-state index in [1.165, 1.54) is 30.8 Å². The van der Waals surface area contributed by atoms with E-state index in [2.05, 4.69) is 19.6 Å². The Morgan fingerprint density at radius 2 is 1.87 bits per heavy atom. The van der Waals surface area contributed by atoms with Gasteiger partial charge in [-0.15, -0.1) is 0 Å². The van der Waals surface area contributed by atoms with E-state index >= 15 is 0 Å². The summed E-state index contributed by atoms with van der Waals surface area (Å²) in [4.78, 5) is 10.6. The third kappa shape index (κ3) is 2.89. The Bertz CT molecular complexity index is 764. The van der Waals surface area contributed by atoms with E-state index < -0.39 is 10.0 Å². The minimum absolute atomic E-state index is 0.147. The maximum atomic E-state index is 12.1. The van der Waals surface area contributed by atoms with Crippen molar-refractivity contribution >= 4 is 21.7 Å². The first-order valence-corrected chi connectivity index (χ1v) is 8.87. The zero-order valence-corrected chi connectivity index (χ0v) is 13.1. The molecular formula is C14H16N4O4S. The van der Waals surface area contributed by atoms with Gasteiger partial charge in [-0.3, -0.25) is 4.72 Å². The van der Waals surface area contributed by atoms with Gasteiger partial charge in [0.05, 0.1) is 36.6 Å². The fraction of sp³-hybridized carbons (Fsp3) is 0.429. The summed E-state index contributed by atoms with van der Waals surface area (Å²) in [7, 11) is -3.75. The Balaban J connectivity index is 1.48. The molecule has 0 aliphatic carbocycles. The number of rotatable bonds is 4. The molecule has 2 fully saturated rings. The van der Waals surface area contributed by atoms with Gasteiger partial charge in [0.1, 0.15) is 0 Å². The highest BCUT2D eigenvalue weighted by Gasteiger charge is 2.34. The van der Waals surface area contributed by atoms with Gasteiger partial charge in [0.15, 0.2) is 0 Å². The van der Waals surface area contributed by atoms with E-state index in [0.29, 0.717) is 11.6 Å². The normalized spacial score (nSPS) is 23.9. The Hall–Kier alpha value is -2.13. The average Bonchev–Trinajstić information content (AvgIpc) is 3.18. The van der Waals surface area contributed by atoms with E-state index in [-0.39, 0.29) is 17.3 Å². The minimum Gasteiger partial charge on any atom is -0.451 e. The Morgan fingerprint density at radius 1 is 1.17 bits per heavy atom. The summed E-state index contributed by atoms with van der Waals surface area (Å²) in [6.07, 6.45) is 6.86. The number of sulfonamides is 1. The quantitative estimate of drug-likeness (QED) is 0.897. The second-order valence-corrected chi connectivity index (χ2v) is 7.29. The lowest BCUT2D eigenvalue weighted by Crippen LogP contribution is -2.43. The summed E-state index contributed by atoms with van der Waals surface area (Å²) in [5.74, 6) is 0.589. The predicted octanol–water partition coefficient (Wildman–Crippen LogP) is 1.24. The van der Waals surface area contributed by atoms with Crippen LogP contribution in [0.2, 0.25) is 0 Å². The summed E-state index contributed by atoms with van der Waals surface area (Å²) in [6, 6.07) is 2.89. The van der Waals surface area contributed by atoms with Crippen molar-refractivity contribution in [3.63, 3.8) is 0 Å². The van der Waals surface area contributed by atoms with Crippen LogP contribution in [0.25, 0.3) is 0 Å². The molecule has 2 atom stereocenters. The van der Waals surface area contributed by atoms with Gasteiger partial charge in [-0.1, -0.05) is 0 Å². The molecule has 2 aromatic rings. The highest BCUT2D eigenvalue weighted by molar-refractivity contribution is 7.92. The Labute approximate surface area is 133 Å². The van der Waals surface area contributed by atoms with Gasteiger partial charge in [0, 0.05) is 13.1 Å². The maximum Gasteiger partial charge on any atom is 0.295 e. The molecule has 1 N–H and O–H groups in total. The van der Waals surface area contributed by atoms with Crippen molar-refractivity contribution in [2.75, 3.05) is 22.7 Å². The summed E-state index contributed by atoms with van der Waals surface area (Å²) in [6.45, 7) is 1.54. The number of ether oxygens (including phenoxy) is 1. The molecule has 2 aliphatic rings. The lowest BCUT2D eigenvalue weighted by atomic mass is 10.2. The van der Waals surface area contributed by atoms with Gasteiger partial charge in [-0.05, 0) is 25.0 Å². The van der Waals surface area contributed by atoms with Gasteiger partial charge < -0.3 is 14.1 Å². The van der Waals surface area contributed by atoms with Gasteiger partial charge in [-0.25, -0.2) is 9.97 Å². The lowest BCUT2D eigenvalue weighted by molar-refractivity contribution is 0.0299. The lowest BCUT2D eigenvalue weighted by Gasteiger charge is -2.32. The number of hydrogen-bond acceptors (Lipinski definition) is 7. The number of aromatic nitrogens is 2. The SMILES string of the molecule is O=S(=O)(Nc1cnc(N2CC3CCC(C2)O3)nc1)c1ccco1. The molecule has 2 aromatic heterocycles. The molecule has 9 heteroatoms. The maximum absolute atomic E-state index is 12.1. The minimum atomic E-state index is -3.75. The third-order valence-corrected chi connectivity index (χ3v) is 5.24. The van der Waals surface area contributed by atoms with Gasteiger partial charge in [0.25, 0.3) is 10.0 Å². The molecule has 4 rings (SSSR count). The van der Waals surface area contributed by atoms with Crippen LogP contribution in [0.3, 0.4) is 0 Å². The van der Waals surface area contributed by atoms with Crippen molar-refractivity contribution in [3.05, 3.63) is 30.8 Å². The van der Waals surface area contributed by atoms with Crippen LogP contribution in [0.5, 0.6) is 0 Å². The first kappa shape index (κ1) is 14.5. The van der Waals surface area contributed by atoms with Crippen molar-refractivity contribution < 1.29 is 17.6 Å². The number of fused-ring (bicyclic) bond motifs is 2. The van der Waals surface area contributed by atoms with Gasteiger partial charge in [-0.2, -0.15) is 8.42 Å². The molecule has 2 bridgehead atoms. The number of morpholine rings is 1. The summed E-state index contributed by atoms with van der Waals surface area (Å²) >= 11 is 0. The number of nitrogens with zero attached hydrogens (tertiary/aromatic N) is 3. The Morgan fingerprint density at radius 3 is 2.48 bits per heavy atom. The zero-order valence-electron chi connectivity index (χ0n) is 12.3. The Kier molecular flexibility index (Phi) is 3.46. The van der Waals surface area contributed by atoms with E-state index in [1.54, 1.807) is 0 Å². The monoisotopic (exact) mass is 336 g/mol.